The van der Waals surface area contributed by atoms with Gasteiger partial charge in [0.25, 0.3) is 0 Å². The SMILES string of the molecule is Cc1ncsc1-c1ccc(CNC(=O)[C@@H]2C[C@@H](O)CN2C(=O)[C@@H](CC(=O)COCCOCC(=O)NCCN2CC(Cc3cc(C(=O)CC[C@H](O)CN4CCc5ccccc5C4)ncn3)C2)C(C)(C)C)cc1. The number of hydrogen-bond donors (Lipinski definition) is 4. The second-order valence-corrected chi connectivity index (χ2v) is 21.1. The maximum absolute atomic E-state index is 14.0. The van der Waals surface area contributed by atoms with Gasteiger partial charge in [0.15, 0.2) is 11.6 Å². The summed E-state index contributed by atoms with van der Waals surface area (Å²) >= 11 is 1.57. The molecular formula is C53H70N8O9S. The molecule has 3 aliphatic heterocycles. The summed E-state index contributed by atoms with van der Waals surface area (Å²) in [6.07, 6.45) is 2.28. The van der Waals surface area contributed by atoms with Crippen LogP contribution in [-0.2, 0) is 54.6 Å². The molecule has 3 amide bonds. The summed E-state index contributed by atoms with van der Waals surface area (Å²) in [5, 5.41) is 27.1. The third-order valence-electron chi connectivity index (χ3n) is 13.6. The Morgan fingerprint density at radius 2 is 1.66 bits per heavy atom. The standard InChI is InChI=1S/C53H70N8O9S/c1-35-50(71-34-58-35)39-11-9-36(10-12-39)25-55-51(67)47-24-43(63)30-61(47)52(68)45(53(2,3)4)23-44(64)31-69-19-20-70-32-49(66)54-16-18-60-26-37(27-60)21-41-22-46(57-33-56-41)48(65)14-13-42(62)29-59-17-15-38-7-5-6-8-40(38)28-59/h5-12,22,33-34,37,42-43,45,47,62-63H,13-21,23-32H2,1-4H3,(H,54,66)(H,55,67)/t42-,43+,45+,47-/m0/s1. The van der Waals surface area contributed by atoms with Crippen LogP contribution in [0.25, 0.3) is 10.4 Å². The van der Waals surface area contributed by atoms with E-state index in [1.807, 2.05) is 63.5 Å². The third kappa shape index (κ3) is 15.6. The summed E-state index contributed by atoms with van der Waals surface area (Å²) in [6, 6.07) is 17.2. The molecular weight excluding hydrogens is 925 g/mol. The highest BCUT2D eigenvalue weighted by molar-refractivity contribution is 7.13. The molecule has 71 heavy (non-hydrogen) atoms. The van der Waals surface area contributed by atoms with Crippen LogP contribution in [0.1, 0.15) is 85.0 Å². The number of ketones is 2. The minimum Gasteiger partial charge on any atom is -0.392 e. The van der Waals surface area contributed by atoms with Gasteiger partial charge in [0.2, 0.25) is 17.7 Å². The number of carbonyl (C=O) groups excluding carboxylic acids is 5. The lowest BCUT2D eigenvalue weighted by molar-refractivity contribution is -0.147. The molecule has 2 aromatic heterocycles. The van der Waals surface area contributed by atoms with Gasteiger partial charge in [-0.05, 0) is 65.8 Å². The highest BCUT2D eigenvalue weighted by atomic mass is 32.1. The van der Waals surface area contributed by atoms with Gasteiger partial charge in [0.05, 0.1) is 41.5 Å². The number of Topliss-reactive ketones (excluding diaryl/α,β-unsaturated/α-hetero) is 2. The van der Waals surface area contributed by atoms with E-state index in [0.29, 0.717) is 37.7 Å². The van der Waals surface area contributed by atoms with Gasteiger partial charge in [-0.1, -0.05) is 69.3 Å². The van der Waals surface area contributed by atoms with Gasteiger partial charge in [-0.15, -0.1) is 11.3 Å². The van der Waals surface area contributed by atoms with Gasteiger partial charge >= 0.3 is 0 Å². The number of aryl methyl sites for hydroxylation is 1. The average Bonchev–Trinajstić information content (AvgIpc) is 3.96. The minimum atomic E-state index is -0.866. The number of amides is 3. The number of ether oxygens (including phenoxy) is 2. The smallest absolute Gasteiger partial charge is 0.246 e. The Labute approximate surface area is 420 Å². The number of likely N-dealkylation sites (tertiary alicyclic amines) is 2. The molecule has 0 aliphatic carbocycles. The highest BCUT2D eigenvalue weighted by Gasteiger charge is 2.44. The largest absolute Gasteiger partial charge is 0.392 e. The van der Waals surface area contributed by atoms with Crippen LogP contribution in [0.15, 0.2) is 66.4 Å². The number of nitrogens with zero attached hydrogens (tertiary/aromatic N) is 6. The lowest BCUT2D eigenvalue weighted by Crippen LogP contribution is -2.50. The van der Waals surface area contributed by atoms with Crippen LogP contribution in [-0.4, -0.2) is 160 Å². The molecule has 4 N–H and O–H groups in total. The van der Waals surface area contributed by atoms with Crippen molar-refractivity contribution in [3.63, 3.8) is 0 Å². The van der Waals surface area contributed by atoms with Crippen molar-refractivity contribution in [2.24, 2.45) is 17.3 Å². The predicted molar refractivity (Wildman–Crippen MR) is 268 cm³/mol. The Kier molecular flexibility index (Phi) is 19.1. The van der Waals surface area contributed by atoms with E-state index in [1.54, 1.807) is 17.4 Å². The first-order valence-corrected chi connectivity index (χ1v) is 25.7. The molecule has 3 aliphatic rings. The molecule has 0 unspecified atom stereocenters. The Hall–Kier alpha value is -5.34. The van der Waals surface area contributed by atoms with Crippen molar-refractivity contribution in [2.75, 3.05) is 72.2 Å². The number of fused-ring (bicyclic) bond motifs is 1. The van der Waals surface area contributed by atoms with E-state index in [4.69, 9.17) is 9.47 Å². The van der Waals surface area contributed by atoms with Crippen LogP contribution in [0.2, 0.25) is 0 Å². The number of aromatic nitrogens is 3. The van der Waals surface area contributed by atoms with E-state index in [0.717, 1.165) is 66.4 Å². The predicted octanol–water partition coefficient (Wildman–Crippen LogP) is 3.81. The van der Waals surface area contributed by atoms with E-state index in [9.17, 15) is 34.2 Å². The second kappa shape index (κ2) is 25.4. The average molecular weight is 995 g/mol. The first kappa shape index (κ1) is 53.5. The first-order valence-electron chi connectivity index (χ1n) is 24.8. The zero-order chi connectivity index (χ0) is 50.5. The van der Waals surface area contributed by atoms with Crippen LogP contribution in [0.4, 0.5) is 0 Å². The number of thiazole rings is 1. The first-order chi connectivity index (χ1) is 34.1. The quantitative estimate of drug-likeness (QED) is 0.0549. The molecule has 0 saturated carbocycles. The third-order valence-corrected chi connectivity index (χ3v) is 14.6. The number of carbonyl (C=O) groups is 5. The van der Waals surface area contributed by atoms with E-state index in [1.165, 1.54) is 22.4 Å². The fourth-order valence-corrected chi connectivity index (χ4v) is 10.4. The Bertz CT molecular complexity index is 2440. The Morgan fingerprint density at radius 1 is 0.915 bits per heavy atom. The monoisotopic (exact) mass is 994 g/mol. The van der Waals surface area contributed by atoms with E-state index < -0.39 is 29.6 Å². The summed E-state index contributed by atoms with van der Waals surface area (Å²) in [6.45, 7) is 12.7. The summed E-state index contributed by atoms with van der Waals surface area (Å²) in [7, 11) is 0. The molecule has 2 aromatic carbocycles. The van der Waals surface area contributed by atoms with Crippen LogP contribution in [0.3, 0.4) is 0 Å². The number of aliphatic hydroxyl groups is 2. The number of β-amino-alcohol motifs (C(OH)–C–C–N with tert-alkyl or cyclic N) is 2. The van der Waals surface area contributed by atoms with Crippen LogP contribution in [0.5, 0.6) is 0 Å². The number of benzene rings is 2. The van der Waals surface area contributed by atoms with E-state index >= 15 is 0 Å². The molecule has 2 fully saturated rings. The summed E-state index contributed by atoms with van der Waals surface area (Å²) in [5.74, 6) is -1.73. The number of rotatable bonds is 25. The molecule has 382 valence electrons. The second-order valence-electron chi connectivity index (χ2n) is 20.3. The highest BCUT2D eigenvalue weighted by Crippen LogP contribution is 2.34. The molecule has 17 nitrogen and oxygen atoms in total. The van der Waals surface area contributed by atoms with Crippen LogP contribution >= 0.6 is 11.3 Å². The molecule has 4 atom stereocenters. The summed E-state index contributed by atoms with van der Waals surface area (Å²) in [5.41, 5.74) is 7.95. The van der Waals surface area contributed by atoms with Crippen molar-refractivity contribution in [3.8, 4) is 10.4 Å². The number of nitrogens with one attached hydrogen (secondary N) is 2. The zero-order valence-electron chi connectivity index (χ0n) is 41.5. The molecule has 4 aromatic rings. The number of aliphatic hydroxyl groups excluding tert-OH is 2. The van der Waals surface area contributed by atoms with Gasteiger partial charge in [-0.25, -0.2) is 15.0 Å². The molecule has 0 spiro atoms. The minimum absolute atomic E-state index is 0.00275. The lowest BCUT2D eigenvalue weighted by atomic mass is 9.77. The summed E-state index contributed by atoms with van der Waals surface area (Å²) in [4.78, 5) is 85.9. The Morgan fingerprint density at radius 3 is 2.39 bits per heavy atom. The maximum Gasteiger partial charge on any atom is 0.246 e. The van der Waals surface area contributed by atoms with Crippen molar-refractivity contribution >= 4 is 40.6 Å². The van der Waals surface area contributed by atoms with E-state index in [-0.39, 0.29) is 88.1 Å². The topological polar surface area (TPSA) is 217 Å². The van der Waals surface area contributed by atoms with Gasteiger partial charge in [-0.3, -0.25) is 28.9 Å². The van der Waals surface area contributed by atoms with Crippen molar-refractivity contribution in [1.82, 2.24) is 40.3 Å². The van der Waals surface area contributed by atoms with Gasteiger partial charge in [0.1, 0.15) is 31.3 Å². The molecule has 5 heterocycles. The van der Waals surface area contributed by atoms with Gasteiger partial charge < -0.3 is 40.1 Å². The van der Waals surface area contributed by atoms with Gasteiger partial charge in [0, 0.05) is 89.8 Å². The van der Waals surface area contributed by atoms with Crippen molar-refractivity contribution in [3.05, 3.63) is 100 Å². The molecule has 0 bridgehead atoms. The van der Waals surface area contributed by atoms with Crippen LogP contribution < -0.4 is 10.6 Å². The van der Waals surface area contributed by atoms with Crippen molar-refractivity contribution in [1.29, 1.82) is 0 Å². The fraction of sp³-hybridized carbons (Fsp3) is 0.547. The fourth-order valence-electron chi connectivity index (χ4n) is 9.56. The Balaban J connectivity index is 0.725. The normalized spacial score (nSPS) is 18.4. The lowest BCUT2D eigenvalue weighted by Gasteiger charge is -2.39. The molecule has 2 saturated heterocycles. The maximum atomic E-state index is 14.0. The van der Waals surface area contributed by atoms with E-state index in [2.05, 4.69) is 53.6 Å². The van der Waals surface area contributed by atoms with Crippen molar-refractivity contribution < 1.29 is 43.7 Å². The van der Waals surface area contributed by atoms with Gasteiger partial charge in [-0.2, -0.15) is 0 Å². The van der Waals surface area contributed by atoms with Crippen LogP contribution in [0, 0.1) is 24.2 Å². The zero-order valence-corrected chi connectivity index (χ0v) is 42.3. The summed E-state index contributed by atoms with van der Waals surface area (Å²) < 4.78 is 11.0. The molecule has 0 radical (unpaired) electrons. The van der Waals surface area contributed by atoms with Crippen molar-refractivity contribution in [2.45, 2.75) is 97.6 Å². The molecule has 18 heteroatoms. The molecule has 7 rings (SSSR count). The number of hydrogen-bond acceptors (Lipinski definition) is 15.